The summed E-state index contributed by atoms with van der Waals surface area (Å²) in [5.41, 5.74) is 1.03. The molecule has 0 aliphatic carbocycles. The summed E-state index contributed by atoms with van der Waals surface area (Å²) >= 11 is 7.35. The van der Waals surface area contributed by atoms with Crippen molar-refractivity contribution in [3.05, 3.63) is 63.6 Å². The average molecular weight is 490 g/mol. The smallest absolute Gasteiger partial charge is 0.340 e. The van der Waals surface area contributed by atoms with Gasteiger partial charge >= 0.3 is 5.97 Å². The lowest BCUT2D eigenvalue weighted by molar-refractivity contribution is -0.119. The number of ether oxygens (including phenoxy) is 3. The molecule has 33 heavy (non-hydrogen) atoms. The fourth-order valence-electron chi connectivity index (χ4n) is 2.76. The van der Waals surface area contributed by atoms with Gasteiger partial charge in [0.25, 0.3) is 11.8 Å². The Hall–Kier alpha value is -3.63. The molecule has 0 saturated carbocycles. The van der Waals surface area contributed by atoms with E-state index in [1.165, 1.54) is 37.7 Å². The monoisotopic (exact) mass is 489 g/mol. The number of carbonyl (C=O) groups is 3. The molecule has 0 atom stereocenters. The number of aryl methyl sites for hydroxylation is 1. The van der Waals surface area contributed by atoms with Gasteiger partial charge in [-0.1, -0.05) is 23.7 Å². The molecule has 0 spiro atoms. The number of rotatable bonds is 8. The van der Waals surface area contributed by atoms with Crippen molar-refractivity contribution >= 4 is 51.5 Å². The van der Waals surface area contributed by atoms with Crippen LogP contribution in [0.3, 0.4) is 0 Å². The molecule has 2 amide bonds. The first-order chi connectivity index (χ1) is 15.8. The van der Waals surface area contributed by atoms with Gasteiger partial charge in [0, 0.05) is 17.5 Å². The molecule has 11 heteroatoms. The third kappa shape index (κ3) is 5.99. The van der Waals surface area contributed by atoms with Crippen molar-refractivity contribution in [2.24, 2.45) is 0 Å². The van der Waals surface area contributed by atoms with Gasteiger partial charge in [0.15, 0.2) is 23.2 Å². The Kier molecular flexibility index (Phi) is 7.86. The summed E-state index contributed by atoms with van der Waals surface area (Å²) < 4.78 is 15.7. The predicted molar refractivity (Wildman–Crippen MR) is 125 cm³/mol. The number of esters is 1. The second-order valence-corrected chi connectivity index (χ2v) is 7.87. The number of carbonyl (C=O) groups excluding carboxylic acids is 3. The summed E-state index contributed by atoms with van der Waals surface area (Å²) in [5.74, 6) is -1.43. The van der Waals surface area contributed by atoms with Gasteiger partial charge in [-0.2, -0.15) is 0 Å². The van der Waals surface area contributed by atoms with Gasteiger partial charge in [0.05, 0.1) is 41.8 Å². The van der Waals surface area contributed by atoms with Gasteiger partial charge in [-0.15, -0.1) is 11.3 Å². The van der Waals surface area contributed by atoms with E-state index in [0.717, 1.165) is 5.69 Å². The summed E-state index contributed by atoms with van der Waals surface area (Å²) in [6.07, 6.45) is 0. The van der Waals surface area contributed by atoms with Crippen molar-refractivity contribution < 1.29 is 28.6 Å². The Balaban J connectivity index is 1.81. The van der Waals surface area contributed by atoms with Crippen molar-refractivity contribution in [3.8, 4) is 11.5 Å². The van der Waals surface area contributed by atoms with Crippen LogP contribution in [-0.4, -0.2) is 43.6 Å². The normalized spacial score (nSPS) is 10.3. The second kappa shape index (κ2) is 10.8. The maximum absolute atomic E-state index is 12.8. The summed E-state index contributed by atoms with van der Waals surface area (Å²) in [4.78, 5) is 41.8. The molecule has 3 aromatic rings. The molecule has 2 N–H and O–H groups in total. The van der Waals surface area contributed by atoms with Crippen molar-refractivity contribution in [2.45, 2.75) is 6.92 Å². The fourth-order valence-corrected chi connectivity index (χ4v) is 3.69. The number of methoxy groups -OCH3 is 2. The van der Waals surface area contributed by atoms with Crippen LogP contribution in [0.15, 0.2) is 41.8 Å². The molecule has 172 valence electrons. The highest BCUT2D eigenvalue weighted by Crippen LogP contribution is 2.34. The van der Waals surface area contributed by atoms with E-state index in [-0.39, 0.29) is 33.3 Å². The number of hydrogen-bond donors (Lipinski definition) is 2. The predicted octanol–water partition coefficient (Wildman–Crippen LogP) is 4.17. The Morgan fingerprint density at radius 3 is 2.36 bits per heavy atom. The molecule has 3 rings (SSSR count). The minimum atomic E-state index is -0.851. The number of nitrogens with zero attached hydrogens (tertiary/aromatic N) is 1. The molecule has 0 unspecified atom stereocenters. The SMILES string of the molecule is COc1cc(NC(=O)c2ccccc2Cl)c(C(=O)OCC(=O)Nc2nc(C)cs2)cc1OC. The van der Waals surface area contributed by atoms with E-state index >= 15 is 0 Å². The molecule has 2 aromatic carbocycles. The van der Waals surface area contributed by atoms with Crippen molar-refractivity contribution in [1.82, 2.24) is 4.98 Å². The van der Waals surface area contributed by atoms with E-state index in [1.807, 2.05) is 0 Å². The first-order valence-corrected chi connectivity index (χ1v) is 10.8. The Labute approximate surface area is 198 Å². The number of benzene rings is 2. The van der Waals surface area contributed by atoms with Crippen LogP contribution in [0, 0.1) is 6.92 Å². The third-order valence-corrected chi connectivity index (χ3v) is 5.52. The second-order valence-electron chi connectivity index (χ2n) is 6.61. The molecule has 0 radical (unpaired) electrons. The number of aromatic nitrogens is 1. The van der Waals surface area contributed by atoms with Crippen LogP contribution in [0.25, 0.3) is 0 Å². The molecule has 0 fully saturated rings. The van der Waals surface area contributed by atoms with Gasteiger partial charge in [0.2, 0.25) is 0 Å². The van der Waals surface area contributed by atoms with Crippen LogP contribution in [0.1, 0.15) is 26.4 Å². The molecule has 0 saturated heterocycles. The highest BCUT2D eigenvalue weighted by molar-refractivity contribution is 7.13. The fraction of sp³-hybridized carbons (Fsp3) is 0.182. The quantitative estimate of drug-likeness (QED) is 0.456. The van der Waals surface area contributed by atoms with Crippen LogP contribution >= 0.6 is 22.9 Å². The number of thiazole rings is 1. The molecule has 1 aromatic heterocycles. The third-order valence-electron chi connectivity index (χ3n) is 4.31. The van der Waals surface area contributed by atoms with Crippen molar-refractivity contribution in [3.63, 3.8) is 0 Å². The first-order valence-electron chi connectivity index (χ1n) is 9.53. The number of hydrogen-bond acceptors (Lipinski definition) is 8. The molecule has 0 bridgehead atoms. The summed E-state index contributed by atoms with van der Waals surface area (Å²) in [5, 5.41) is 7.60. The Morgan fingerprint density at radius 1 is 1.03 bits per heavy atom. The lowest BCUT2D eigenvalue weighted by Gasteiger charge is -2.15. The van der Waals surface area contributed by atoms with Gasteiger partial charge in [-0.25, -0.2) is 9.78 Å². The highest BCUT2D eigenvalue weighted by Gasteiger charge is 2.22. The molecular formula is C22H20ClN3O6S. The molecule has 0 aliphatic heterocycles. The number of halogens is 1. The van der Waals surface area contributed by atoms with Gasteiger partial charge in [0.1, 0.15) is 0 Å². The van der Waals surface area contributed by atoms with Crippen LogP contribution in [-0.2, 0) is 9.53 Å². The van der Waals surface area contributed by atoms with E-state index in [2.05, 4.69) is 15.6 Å². The zero-order chi connectivity index (χ0) is 24.0. The van der Waals surface area contributed by atoms with Crippen molar-refractivity contribution in [1.29, 1.82) is 0 Å². The van der Waals surface area contributed by atoms with E-state index < -0.39 is 24.4 Å². The minimum absolute atomic E-state index is 0.0362. The summed E-state index contributed by atoms with van der Waals surface area (Å²) in [6.45, 7) is 1.24. The lowest BCUT2D eigenvalue weighted by atomic mass is 10.1. The maximum Gasteiger partial charge on any atom is 0.340 e. The first kappa shape index (κ1) is 24.0. The molecule has 0 aliphatic rings. The zero-order valence-corrected chi connectivity index (χ0v) is 19.5. The average Bonchev–Trinajstić information content (AvgIpc) is 3.21. The maximum atomic E-state index is 12.8. The Morgan fingerprint density at radius 2 is 1.73 bits per heavy atom. The minimum Gasteiger partial charge on any atom is -0.493 e. The van der Waals surface area contributed by atoms with E-state index in [9.17, 15) is 14.4 Å². The number of anilines is 2. The van der Waals surface area contributed by atoms with E-state index in [0.29, 0.717) is 5.13 Å². The summed E-state index contributed by atoms with van der Waals surface area (Å²) in [7, 11) is 2.82. The van der Waals surface area contributed by atoms with E-state index in [4.69, 9.17) is 25.8 Å². The van der Waals surface area contributed by atoms with Gasteiger partial charge in [-0.05, 0) is 19.1 Å². The van der Waals surface area contributed by atoms with Crippen LogP contribution in [0.2, 0.25) is 5.02 Å². The number of amides is 2. The summed E-state index contributed by atoms with van der Waals surface area (Å²) in [6, 6.07) is 9.24. The molecule has 9 nitrogen and oxygen atoms in total. The standard InChI is InChI=1S/C22H20ClN3O6S/c1-12-11-33-22(24-12)26-19(27)10-32-21(29)14-8-17(30-2)18(31-3)9-16(14)25-20(28)13-6-4-5-7-15(13)23/h4-9,11H,10H2,1-3H3,(H,25,28)(H,24,26,27). The largest absolute Gasteiger partial charge is 0.493 e. The van der Waals surface area contributed by atoms with Crippen molar-refractivity contribution in [2.75, 3.05) is 31.5 Å². The van der Waals surface area contributed by atoms with Crippen LogP contribution in [0.5, 0.6) is 11.5 Å². The zero-order valence-electron chi connectivity index (χ0n) is 17.9. The van der Waals surface area contributed by atoms with Gasteiger partial charge in [-0.3, -0.25) is 14.9 Å². The highest BCUT2D eigenvalue weighted by atomic mass is 35.5. The lowest BCUT2D eigenvalue weighted by Crippen LogP contribution is -2.22. The topological polar surface area (TPSA) is 116 Å². The molecular weight excluding hydrogens is 470 g/mol. The Bertz CT molecular complexity index is 1200. The molecule has 1 heterocycles. The van der Waals surface area contributed by atoms with Gasteiger partial charge < -0.3 is 19.5 Å². The van der Waals surface area contributed by atoms with Crippen LogP contribution < -0.4 is 20.1 Å². The van der Waals surface area contributed by atoms with E-state index in [1.54, 1.807) is 36.6 Å². The number of nitrogens with one attached hydrogen (secondary N) is 2. The van der Waals surface area contributed by atoms with Crippen LogP contribution in [0.4, 0.5) is 10.8 Å².